The molecule has 0 saturated carbocycles. The van der Waals surface area contributed by atoms with Gasteiger partial charge in [-0.15, -0.1) is 0 Å². The van der Waals surface area contributed by atoms with E-state index < -0.39 is 0 Å². The molecule has 4 nitrogen and oxygen atoms in total. The molecule has 24 heavy (non-hydrogen) atoms. The summed E-state index contributed by atoms with van der Waals surface area (Å²) in [4.78, 5) is 18.8. The van der Waals surface area contributed by atoms with Crippen molar-refractivity contribution >= 4 is 17.2 Å². The topological polar surface area (TPSA) is 42.4 Å². The fraction of sp³-hybridized carbons (Fsp3) is 0.100. The minimum Gasteiger partial charge on any atom is -0.497 e. The average Bonchev–Trinajstić information content (AvgIpc) is 2.67. The van der Waals surface area contributed by atoms with Gasteiger partial charge in [0.25, 0.3) is 0 Å². The second-order valence-corrected chi connectivity index (χ2v) is 5.34. The van der Waals surface area contributed by atoms with E-state index in [1.54, 1.807) is 31.6 Å². The van der Waals surface area contributed by atoms with Gasteiger partial charge in [0.15, 0.2) is 5.78 Å². The lowest BCUT2D eigenvalue weighted by molar-refractivity contribution is 0.103. The first-order chi connectivity index (χ1) is 11.7. The summed E-state index contributed by atoms with van der Waals surface area (Å²) in [6.45, 7) is 0. The monoisotopic (exact) mass is 318 g/mol. The number of aromatic nitrogens is 1. The number of methoxy groups -OCH3 is 1. The molecule has 2 aromatic carbocycles. The van der Waals surface area contributed by atoms with Crippen LogP contribution in [0, 0.1) is 0 Å². The molecule has 1 aromatic heterocycles. The first kappa shape index (κ1) is 15.7. The third-order valence-electron chi connectivity index (χ3n) is 3.91. The standard InChI is InChI=1S/C20H18N2O2/c1-22(16-7-9-17(24-2)10-8-16)19-6-4-3-5-18(19)20(23)15-11-13-21-14-12-15/h3-14H,1-2H3. The Morgan fingerprint density at radius 1 is 0.958 bits per heavy atom. The molecule has 0 unspecified atom stereocenters. The van der Waals surface area contributed by atoms with Gasteiger partial charge in [-0.2, -0.15) is 0 Å². The van der Waals surface area contributed by atoms with Crippen LogP contribution in [0.25, 0.3) is 0 Å². The van der Waals surface area contributed by atoms with Crippen LogP contribution in [0.5, 0.6) is 5.75 Å². The van der Waals surface area contributed by atoms with Crippen molar-refractivity contribution in [2.75, 3.05) is 19.1 Å². The lowest BCUT2D eigenvalue weighted by atomic mass is 10.0. The lowest BCUT2D eigenvalue weighted by Crippen LogP contribution is -2.14. The van der Waals surface area contributed by atoms with Crippen LogP contribution in [0.4, 0.5) is 11.4 Å². The van der Waals surface area contributed by atoms with E-state index in [4.69, 9.17) is 4.74 Å². The molecule has 0 atom stereocenters. The Labute approximate surface area is 141 Å². The number of hydrogen-bond donors (Lipinski definition) is 0. The maximum Gasteiger partial charge on any atom is 0.195 e. The Morgan fingerprint density at radius 2 is 1.62 bits per heavy atom. The second-order valence-electron chi connectivity index (χ2n) is 5.34. The number of benzene rings is 2. The van der Waals surface area contributed by atoms with Crippen molar-refractivity contribution in [1.82, 2.24) is 4.98 Å². The van der Waals surface area contributed by atoms with E-state index in [0.29, 0.717) is 11.1 Å². The maximum absolute atomic E-state index is 12.8. The molecule has 3 rings (SSSR count). The number of carbonyl (C=O) groups is 1. The van der Waals surface area contributed by atoms with Gasteiger partial charge in [0.05, 0.1) is 12.8 Å². The zero-order chi connectivity index (χ0) is 16.9. The SMILES string of the molecule is COc1ccc(N(C)c2ccccc2C(=O)c2ccncc2)cc1. The quantitative estimate of drug-likeness (QED) is 0.665. The van der Waals surface area contributed by atoms with Crippen LogP contribution in [0.1, 0.15) is 15.9 Å². The minimum absolute atomic E-state index is 0.0200. The number of nitrogens with zero attached hydrogens (tertiary/aromatic N) is 2. The number of hydrogen-bond acceptors (Lipinski definition) is 4. The van der Waals surface area contributed by atoms with Gasteiger partial charge in [-0.25, -0.2) is 0 Å². The Balaban J connectivity index is 1.98. The molecule has 1 heterocycles. The van der Waals surface area contributed by atoms with Gasteiger partial charge in [0.2, 0.25) is 0 Å². The van der Waals surface area contributed by atoms with Gasteiger partial charge in [0, 0.05) is 36.3 Å². The Kier molecular flexibility index (Phi) is 4.57. The van der Waals surface area contributed by atoms with E-state index in [2.05, 4.69) is 4.98 Å². The van der Waals surface area contributed by atoms with Crippen molar-refractivity contribution in [1.29, 1.82) is 0 Å². The van der Waals surface area contributed by atoms with E-state index in [0.717, 1.165) is 17.1 Å². The highest BCUT2D eigenvalue weighted by molar-refractivity contribution is 6.12. The number of carbonyl (C=O) groups excluding carboxylic acids is 1. The summed E-state index contributed by atoms with van der Waals surface area (Å²) in [6.07, 6.45) is 3.26. The van der Waals surface area contributed by atoms with Gasteiger partial charge < -0.3 is 9.64 Å². The second kappa shape index (κ2) is 6.96. The van der Waals surface area contributed by atoms with Crippen LogP contribution in [-0.2, 0) is 0 Å². The smallest absolute Gasteiger partial charge is 0.195 e. The molecule has 0 aliphatic heterocycles. The van der Waals surface area contributed by atoms with Gasteiger partial charge in [-0.05, 0) is 48.5 Å². The maximum atomic E-state index is 12.8. The molecule has 0 fully saturated rings. The number of anilines is 2. The van der Waals surface area contributed by atoms with Crippen molar-refractivity contribution in [3.05, 3.63) is 84.2 Å². The predicted molar refractivity (Wildman–Crippen MR) is 95.2 cm³/mol. The molecule has 0 saturated heterocycles. The van der Waals surface area contributed by atoms with Crippen molar-refractivity contribution in [3.8, 4) is 5.75 Å². The highest BCUT2D eigenvalue weighted by Gasteiger charge is 2.16. The Morgan fingerprint density at radius 3 is 2.29 bits per heavy atom. The van der Waals surface area contributed by atoms with Gasteiger partial charge in [-0.1, -0.05) is 12.1 Å². The summed E-state index contributed by atoms with van der Waals surface area (Å²) in [5.41, 5.74) is 3.11. The fourth-order valence-corrected chi connectivity index (χ4v) is 2.56. The Bertz CT molecular complexity index is 830. The largest absolute Gasteiger partial charge is 0.497 e. The van der Waals surface area contributed by atoms with Gasteiger partial charge in [-0.3, -0.25) is 9.78 Å². The minimum atomic E-state index is -0.0200. The van der Waals surface area contributed by atoms with Crippen LogP contribution < -0.4 is 9.64 Å². The fourth-order valence-electron chi connectivity index (χ4n) is 2.56. The number of ketones is 1. The third kappa shape index (κ3) is 3.13. The van der Waals surface area contributed by atoms with Gasteiger partial charge in [0.1, 0.15) is 5.75 Å². The molecule has 0 N–H and O–H groups in total. The van der Waals surface area contributed by atoms with E-state index in [-0.39, 0.29) is 5.78 Å². The van der Waals surface area contributed by atoms with E-state index in [1.807, 2.05) is 60.5 Å². The zero-order valence-corrected chi connectivity index (χ0v) is 13.6. The van der Waals surface area contributed by atoms with Gasteiger partial charge >= 0.3 is 0 Å². The number of pyridine rings is 1. The molecule has 0 radical (unpaired) electrons. The van der Waals surface area contributed by atoms with Crippen molar-refractivity contribution in [2.45, 2.75) is 0 Å². The van der Waals surface area contributed by atoms with Crippen LogP contribution in [0.15, 0.2) is 73.1 Å². The molecule has 0 bridgehead atoms. The summed E-state index contributed by atoms with van der Waals surface area (Å²) < 4.78 is 5.20. The predicted octanol–water partition coefficient (Wildman–Crippen LogP) is 4.09. The van der Waals surface area contributed by atoms with Crippen LogP contribution >= 0.6 is 0 Å². The molecule has 3 aromatic rings. The number of ether oxygens (including phenoxy) is 1. The van der Waals surface area contributed by atoms with Crippen LogP contribution in [-0.4, -0.2) is 24.9 Å². The van der Waals surface area contributed by atoms with Crippen LogP contribution in [0.2, 0.25) is 0 Å². The van der Waals surface area contributed by atoms with E-state index in [1.165, 1.54) is 0 Å². The molecular formula is C20H18N2O2. The first-order valence-electron chi connectivity index (χ1n) is 7.62. The summed E-state index contributed by atoms with van der Waals surface area (Å²) in [6, 6.07) is 18.8. The summed E-state index contributed by atoms with van der Waals surface area (Å²) >= 11 is 0. The lowest BCUT2D eigenvalue weighted by Gasteiger charge is -2.22. The normalized spacial score (nSPS) is 10.2. The summed E-state index contributed by atoms with van der Waals surface area (Å²) in [5.74, 6) is 0.779. The van der Waals surface area contributed by atoms with E-state index in [9.17, 15) is 4.79 Å². The summed E-state index contributed by atoms with van der Waals surface area (Å²) in [5, 5.41) is 0. The molecular weight excluding hydrogens is 300 g/mol. The molecule has 0 aliphatic carbocycles. The first-order valence-corrected chi connectivity index (χ1v) is 7.62. The number of para-hydroxylation sites is 1. The zero-order valence-electron chi connectivity index (χ0n) is 13.6. The summed E-state index contributed by atoms with van der Waals surface area (Å²) in [7, 11) is 3.59. The van der Waals surface area contributed by atoms with Crippen molar-refractivity contribution in [2.24, 2.45) is 0 Å². The molecule has 4 heteroatoms. The highest BCUT2D eigenvalue weighted by Crippen LogP contribution is 2.29. The third-order valence-corrected chi connectivity index (χ3v) is 3.91. The molecule has 0 spiro atoms. The van der Waals surface area contributed by atoms with E-state index >= 15 is 0 Å². The molecule has 120 valence electrons. The van der Waals surface area contributed by atoms with Crippen LogP contribution in [0.3, 0.4) is 0 Å². The Hall–Kier alpha value is -3.14. The molecule has 0 aliphatic rings. The van der Waals surface area contributed by atoms with Crippen molar-refractivity contribution in [3.63, 3.8) is 0 Å². The highest BCUT2D eigenvalue weighted by atomic mass is 16.5. The van der Waals surface area contributed by atoms with Crippen molar-refractivity contribution < 1.29 is 9.53 Å². The molecule has 0 amide bonds. The average molecular weight is 318 g/mol. The number of rotatable bonds is 5.